The molecule has 3 rings (SSSR count). The Kier molecular flexibility index (Phi) is 5.83. The third-order valence-corrected chi connectivity index (χ3v) is 4.83. The van der Waals surface area contributed by atoms with Gasteiger partial charge in [0.05, 0.1) is 11.4 Å². The molecule has 0 aliphatic carbocycles. The van der Waals surface area contributed by atoms with Crippen LogP contribution in [0.2, 0.25) is 5.02 Å². The summed E-state index contributed by atoms with van der Waals surface area (Å²) in [5, 5.41) is 8.86. The predicted molar refractivity (Wildman–Crippen MR) is 103 cm³/mol. The van der Waals surface area contributed by atoms with Gasteiger partial charge in [-0.05, 0) is 53.2 Å². The third kappa shape index (κ3) is 4.90. The molecule has 1 aliphatic heterocycles. The van der Waals surface area contributed by atoms with E-state index in [1.807, 2.05) is 0 Å². The summed E-state index contributed by atoms with van der Waals surface area (Å²) >= 11 is 6.73. The van der Waals surface area contributed by atoms with Crippen LogP contribution in [0, 0.1) is 0 Å². The van der Waals surface area contributed by atoms with Gasteiger partial charge in [-0.2, -0.15) is 0 Å². The van der Waals surface area contributed by atoms with Crippen LogP contribution in [-0.4, -0.2) is 33.7 Å². The molecule has 2 aromatic carbocycles. The quantitative estimate of drug-likeness (QED) is 0.733. The van der Waals surface area contributed by atoms with Crippen molar-refractivity contribution in [1.82, 2.24) is 4.90 Å². The molecule has 138 valence electrons. The molecule has 0 radical (unpaired) electrons. The topological polar surface area (TPSA) is 83.9 Å². The average Bonchev–Trinajstić information content (AvgIpc) is 2.90. The molecule has 6 nitrogen and oxygen atoms in total. The monoisotopic (exact) mass is 403 g/mol. The summed E-state index contributed by atoms with van der Waals surface area (Å²) in [4.78, 5) is 36.7. The van der Waals surface area contributed by atoms with Gasteiger partial charge in [0.1, 0.15) is 5.75 Å². The van der Waals surface area contributed by atoms with Gasteiger partial charge in [-0.25, -0.2) is 4.79 Å². The molecule has 27 heavy (non-hydrogen) atoms. The first kappa shape index (κ1) is 19.0. The van der Waals surface area contributed by atoms with Crippen LogP contribution in [0.15, 0.2) is 53.4 Å². The van der Waals surface area contributed by atoms with E-state index in [1.54, 1.807) is 54.6 Å². The fraction of sp³-hybridized carbons (Fsp3) is 0.105. The smallest absolute Gasteiger partial charge is 0.341 e. The summed E-state index contributed by atoms with van der Waals surface area (Å²) in [6.45, 7) is -0.246. The van der Waals surface area contributed by atoms with Crippen LogP contribution >= 0.6 is 23.4 Å². The fourth-order valence-corrected chi connectivity index (χ4v) is 3.33. The zero-order valence-electron chi connectivity index (χ0n) is 13.9. The number of thioether (sulfide) groups is 1. The molecule has 0 unspecified atom stereocenters. The standard InChI is InChI=1S/C19H14ClNO5S/c20-14-5-1-13(2-6-14)10-21-18(24)16(27-19(21)25)9-12-3-7-15(8-4-12)26-11-17(22)23/h1-9H,10-11H2,(H,22,23)/b16-9-. The molecule has 8 heteroatoms. The summed E-state index contributed by atoms with van der Waals surface area (Å²) in [6.07, 6.45) is 1.62. The molecule has 1 N–H and O–H groups in total. The van der Waals surface area contributed by atoms with Gasteiger partial charge in [0.15, 0.2) is 6.61 Å². The van der Waals surface area contributed by atoms with Crippen molar-refractivity contribution in [2.75, 3.05) is 6.61 Å². The summed E-state index contributed by atoms with van der Waals surface area (Å²) in [5.74, 6) is -1.01. The van der Waals surface area contributed by atoms with E-state index >= 15 is 0 Å². The van der Waals surface area contributed by atoms with Gasteiger partial charge in [-0.3, -0.25) is 14.5 Å². The highest BCUT2D eigenvalue weighted by atomic mass is 35.5. The van der Waals surface area contributed by atoms with Crippen molar-refractivity contribution in [3.05, 3.63) is 69.6 Å². The average molecular weight is 404 g/mol. The van der Waals surface area contributed by atoms with Crippen LogP contribution < -0.4 is 4.74 Å². The third-order valence-electron chi connectivity index (χ3n) is 3.67. The minimum atomic E-state index is -1.06. The van der Waals surface area contributed by atoms with Crippen molar-refractivity contribution in [2.45, 2.75) is 6.54 Å². The van der Waals surface area contributed by atoms with Gasteiger partial charge in [-0.1, -0.05) is 35.9 Å². The Morgan fingerprint density at radius 3 is 2.41 bits per heavy atom. The van der Waals surface area contributed by atoms with Crippen LogP contribution in [0.4, 0.5) is 4.79 Å². The summed E-state index contributed by atoms with van der Waals surface area (Å²) < 4.78 is 5.06. The van der Waals surface area contributed by atoms with Gasteiger partial charge in [-0.15, -0.1) is 0 Å². The second-order valence-electron chi connectivity index (χ2n) is 5.65. The molecule has 0 atom stereocenters. The van der Waals surface area contributed by atoms with E-state index in [-0.39, 0.29) is 17.7 Å². The molecule has 2 amide bonds. The number of hydrogen-bond donors (Lipinski definition) is 1. The number of hydrogen-bond acceptors (Lipinski definition) is 5. The second-order valence-corrected chi connectivity index (χ2v) is 7.08. The van der Waals surface area contributed by atoms with Crippen molar-refractivity contribution < 1.29 is 24.2 Å². The Bertz CT molecular complexity index is 909. The lowest BCUT2D eigenvalue weighted by molar-refractivity contribution is -0.139. The van der Waals surface area contributed by atoms with E-state index in [0.717, 1.165) is 17.3 Å². The first-order valence-corrected chi connectivity index (χ1v) is 9.06. The number of aliphatic carboxylic acids is 1. The fourth-order valence-electron chi connectivity index (χ4n) is 2.37. The highest BCUT2D eigenvalue weighted by Crippen LogP contribution is 2.33. The van der Waals surface area contributed by atoms with Crippen LogP contribution in [0.3, 0.4) is 0 Å². The Hall–Kier alpha value is -2.77. The van der Waals surface area contributed by atoms with Gasteiger partial charge in [0.2, 0.25) is 0 Å². The van der Waals surface area contributed by atoms with Crippen molar-refractivity contribution in [2.24, 2.45) is 0 Å². The van der Waals surface area contributed by atoms with Crippen LogP contribution in [-0.2, 0) is 16.1 Å². The molecule has 0 bridgehead atoms. The van der Waals surface area contributed by atoms with E-state index in [0.29, 0.717) is 21.2 Å². The maximum absolute atomic E-state index is 12.5. The number of halogens is 1. The molecule has 2 aromatic rings. The number of rotatable bonds is 6. The minimum Gasteiger partial charge on any atom is -0.482 e. The largest absolute Gasteiger partial charge is 0.482 e. The highest BCUT2D eigenvalue weighted by molar-refractivity contribution is 8.18. The molecule has 0 spiro atoms. The SMILES string of the molecule is O=C(O)COc1ccc(/C=C2\SC(=O)N(Cc3ccc(Cl)cc3)C2=O)cc1. The lowest BCUT2D eigenvalue weighted by atomic mass is 10.2. The Morgan fingerprint density at radius 2 is 1.78 bits per heavy atom. The van der Waals surface area contributed by atoms with Crippen LogP contribution in [0.1, 0.15) is 11.1 Å². The zero-order chi connectivity index (χ0) is 19.4. The molecule has 1 heterocycles. The van der Waals surface area contributed by atoms with Crippen molar-refractivity contribution in [3.8, 4) is 5.75 Å². The highest BCUT2D eigenvalue weighted by Gasteiger charge is 2.34. The summed E-state index contributed by atoms with van der Waals surface area (Å²) in [6, 6.07) is 13.5. The number of ether oxygens (including phenoxy) is 1. The normalized spacial score (nSPS) is 15.4. The molecular formula is C19H14ClNO5S. The molecule has 0 saturated carbocycles. The summed E-state index contributed by atoms with van der Waals surface area (Å²) in [7, 11) is 0. The minimum absolute atomic E-state index is 0.182. The Balaban J connectivity index is 1.70. The first-order chi connectivity index (χ1) is 12.9. The first-order valence-electron chi connectivity index (χ1n) is 7.87. The second kappa shape index (κ2) is 8.28. The number of carbonyl (C=O) groups is 3. The Morgan fingerprint density at radius 1 is 1.11 bits per heavy atom. The van der Waals surface area contributed by atoms with Gasteiger partial charge in [0, 0.05) is 5.02 Å². The van der Waals surface area contributed by atoms with E-state index < -0.39 is 12.6 Å². The van der Waals surface area contributed by atoms with Gasteiger partial charge in [0.25, 0.3) is 11.1 Å². The number of benzene rings is 2. The maximum atomic E-state index is 12.5. The molecule has 0 aromatic heterocycles. The van der Waals surface area contributed by atoms with Gasteiger partial charge < -0.3 is 9.84 Å². The Labute approximate surface area is 164 Å². The molecule has 1 aliphatic rings. The van der Waals surface area contributed by atoms with Crippen LogP contribution in [0.25, 0.3) is 6.08 Å². The maximum Gasteiger partial charge on any atom is 0.341 e. The summed E-state index contributed by atoms with van der Waals surface area (Å²) in [5.41, 5.74) is 1.51. The van der Waals surface area contributed by atoms with Crippen LogP contribution in [0.5, 0.6) is 5.75 Å². The van der Waals surface area contributed by atoms with E-state index in [2.05, 4.69) is 0 Å². The number of carbonyl (C=O) groups excluding carboxylic acids is 2. The number of nitrogens with zero attached hydrogens (tertiary/aromatic N) is 1. The van der Waals surface area contributed by atoms with Crippen molar-refractivity contribution >= 4 is 46.6 Å². The lowest BCUT2D eigenvalue weighted by Crippen LogP contribution is -2.27. The molecule has 1 saturated heterocycles. The number of carboxylic acid groups (broad SMARTS) is 1. The van der Waals surface area contributed by atoms with Crippen molar-refractivity contribution in [3.63, 3.8) is 0 Å². The molecular weight excluding hydrogens is 390 g/mol. The lowest BCUT2D eigenvalue weighted by Gasteiger charge is -2.12. The number of amides is 2. The van der Waals surface area contributed by atoms with Crippen molar-refractivity contribution in [1.29, 1.82) is 0 Å². The molecule has 1 fully saturated rings. The number of imide groups is 1. The van der Waals surface area contributed by atoms with E-state index in [9.17, 15) is 14.4 Å². The predicted octanol–water partition coefficient (Wildman–Crippen LogP) is 4.04. The zero-order valence-corrected chi connectivity index (χ0v) is 15.5. The van der Waals surface area contributed by atoms with Gasteiger partial charge >= 0.3 is 5.97 Å². The van der Waals surface area contributed by atoms with E-state index in [1.165, 1.54) is 4.90 Å². The number of carboxylic acids is 1. The van der Waals surface area contributed by atoms with E-state index in [4.69, 9.17) is 21.4 Å².